The van der Waals surface area contributed by atoms with E-state index in [1.54, 1.807) is 6.92 Å². The number of rotatable bonds is 7. The maximum atomic E-state index is 11.4. The molecule has 0 saturated heterocycles. The fraction of sp³-hybridized carbons (Fsp3) is 0.636. The molecule has 0 bridgehead atoms. The summed E-state index contributed by atoms with van der Waals surface area (Å²) < 4.78 is 9.55. The molecule has 0 aliphatic carbocycles. The first-order valence-corrected chi connectivity index (χ1v) is 5.36. The molecule has 0 aliphatic heterocycles. The van der Waals surface area contributed by atoms with Gasteiger partial charge in [-0.2, -0.15) is 0 Å². The van der Waals surface area contributed by atoms with Crippen LogP contribution >= 0.6 is 0 Å². The van der Waals surface area contributed by atoms with E-state index in [4.69, 9.17) is 9.47 Å². The first kappa shape index (κ1) is 14.5. The number of amides is 1. The molecule has 0 spiro atoms. The van der Waals surface area contributed by atoms with Crippen molar-refractivity contribution in [3.8, 4) is 0 Å². The molecule has 1 unspecified atom stereocenters. The molecule has 1 N–H and O–H groups in total. The fourth-order valence-electron chi connectivity index (χ4n) is 1.10. The fourth-order valence-corrected chi connectivity index (χ4v) is 1.10. The van der Waals surface area contributed by atoms with Gasteiger partial charge in [-0.25, -0.2) is 9.59 Å². The number of esters is 1. The maximum absolute atomic E-state index is 11.4. The van der Waals surface area contributed by atoms with Gasteiger partial charge in [0.1, 0.15) is 12.6 Å². The van der Waals surface area contributed by atoms with Crippen molar-refractivity contribution in [1.82, 2.24) is 5.32 Å². The molecule has 5 nitrogen and oxygen atoms in total. The van der Waals surface area contributed by atoms with Gasteiger partial charge >= 0.3 is 12.1 Å². The van der Waals surface area contributed by atoms with Gasteiger partial charge < -0.3 is 14.8 Å². The van der Waals surface area contributed by atoms with Crippen LogP contribution in [0.5, 0.6) is 0 Å². The van der Waals surface area contributed by atoms with Crippen LogP contribution in [-0.4, -0.2) is 31.3 Å². The van der Waals surface area contributed by atoms with E-state index in [1.165, 1.54) is 6.08 Å². The Bertz CT molecular complexity index is 240. The maximum Gasteiger partial charge on any atom is 0.408 e. The normalized spacial score (nSPS) is 11.4. The Kier molecular flexibility index (Phi) is 7.93. The van der Waals surface area contributed by atoms with E-state index < -0.39 is 18.1 Å². The number of hydrogen-bond donors (Lipinski definition) is 1. The molecular formula is C11H19NO4. The van der Waals surface area contributed by atoms with Crippen molar-refractivity contribution in [2.75, 3.05) is 13.2 Å². The molecular weight excluding hydrogens is 210 g/mol. The van der Waals surface area contributed by atoms with Crippen LogP contribution in [0.4, 0.5) is 4.79 Å². The van der Waals surface area contributed by atoms with E-state index in [2.05, 4.69) is 11.9 Å². The third-order valence-corrected chi connectivity index (χ3v) is 1.77. The van der Waals surface area contributed by atoms with Gasteiger partial charge in [-0.05, 0) is 13.3 Å². The average molecular weight is 229 g/mol. The second kappa shape index (κ2) is 8.76. The third kappa shape index (κ3) is 6.06. The molecule has 0 heterocycles. The van der Waals surface area contributed by atoms with Crippen LogP contribution in [0.25, 0.3) is 0 Å². The van der Waals surface area contributed by atoms with Gasteiger partial charge in [0.2, 0.25) is 0 Å². The highest BCUT2D eigenvalue weighted by atomic mass is 16.6. The Hall–Kier alpha value is -1.52. The summed E-state index contributed by atoms with van der Waals surface area (Å²) in [6.07, 6.45) is 2.12. The monoisotopic (exact) mass is 229 g/mol. The van der Waals surface area contributed by atoms with Crippen molar-refractivity contribution in [2.45, 2.75) is 32.7 Å². The SMILES string of the molecule is C=CCOC(=O)NC(CCC)C(=O)OCC. The molecule has 5 heteroatoms. The van der Waals surface area contributed by atoms with Crippen molar-refractivity contribution in [1.29, 1.82) is 0 Å². The molecule has 0 aromatic heterocycles. The van der Waals surface area contributed by atoms with Gasteiger partial charge in [-0.3, -0.25) is 0 Å². The zero-order valence-electron chi connectivity index (χ0n) is 9.82. The van der Waals surface area contributed by atoms with E-state index >= 15 is 0 Å². The highest BCUT2D eigenvalue weighted by Crippen LogP contribution is 2.00. The lowest BCUT2D eigenvalue weighted by atomic mass is 10.2. The average Bonchev–Trinajstić information content (AvgIpc) is 2.26. The molecule has 0 aromatic carbocycles. The summed E-state index contributed by atoms with van der Waals surface area (Å²) in [5.41, 5.74) is 0. The van der Waals surface area contributed by atoms with Crippen LogP contribution in [0.2, 0.25) is 0 Å². The van der Waals surface area contributed by atoms with E-state index in [0.29, 0.717) is 13.0 Å². The van der Waals surface area contributed by atoms with Crippen molar-refractivity contribution < 1.29 is 19.1 Å². The summed E-state index contributed by atoms with van der Waals surface area (Å²) in [5.74, 6) is -0.431. The van der Waals surface area contributed by atoms with Crippen LogP contribution < -0.4 is 5.32 Å². The molecule has 92 valence electrons. The van der Waals surface area contributed by atoms with Crippen molar-refractivity contribution in [3.05, 3.63) is 12.7 Å². The highest BCUT2D eigenvalue weighted by molar-refractivity contribution is 5.81. The molecule has 0 aliphatic rings. The van der Waals surface area contributed by atoms with Crippen molar-refractivity contribution >= 4 is 12.1 Å². The summed E-state index contributed by atoms with van der Waals surface area (Å²) in [6.45, 7) is 7.47. The number of hydrogen-bond acceptors (Lipinski definition) is 4. The Morgan fingerprint density at radius 1 is 1.38 bits per heavy atom. The zero-order chi connectivity index (χ0) is 12.4. The second-order valence-electron chi connectivity index (χ2n) is 3.12. The van der Waals surface area contributed by atoms with Gasteiger partial charge in [0, 0.05) is 0 Å². The van der Waals surface area contributed by atoms with Crippen LogP contribution in [0, 0.1) is 0 Å². The third-order valence-electron chi connectivity index (χ3n) is 1.77. The van der Waals surface area contributed by atoms with Crippen LogP contribution in [-0.2, 0) is 14.3 Å². The van der Waals surface area contributed by atoms with Gasteiger partial charge in [0.15, 0.2) is 0 Å². The topological polar surface area (TPSA) is 64.6 Å². The second-order valence-corrected chi connectivity index (χ2v) is 3.12. The Balaban J connectivity index is 4.15. The van der Waals surface area contributed by atoms with Crippen molar-refractivity contribution in [3.63, 3.8) is 0 Å². The first-order chi connectivity index (χ1) is 7.65. The molecule has 0 fully saturated rings. The van der Waals surface area contributed by atoms with Crippen LogP contribution in [0.1, 0.15) is 26.7 Å². The zero-order valence-corrected chi connectivity index (χ0v) is 9.82. The minimum absolute atomic E-state index is 0.119. The Labute approximate surface area is 95.8 Å². The number of carbonyl (C=O) groups is 2. The molecule has 1 amide bonds. The summed E-state index contributed by atoms with van der Waals surface area (Å²) >= 11 is 0. The molecule has 0 rings (SSSR count). The van der Waals surface area contributed by atoms with Crippen LogP contribution in [0.3, 0.4) is 0 Å². The summed E-state index contributed by atoms with van der Waals surface area (Å²) in [4.78, 5) is 22.6. The number of nitrogens with one attached hydrogen (secondary N) is 1. The lowest BCUT2D eigenvalue weighted by molar-refractivity contribution is -0.145. The van der Waals surface area contributed by atoms with Crippen molar-refractivity contribution in [2.24, 2.45) is 0 Å². The van der Waals surface area contributed by atoms with E-state index in [0.717, 1.165) is 6.42 Å². The molecule has 16 heavy (non-hydrogen) atoms. The lowest BCUT2D eigenvalue weighted by Crippen LogP contribution is -2.42. The van der Waals surface area contributed by atoms with Crippen LogP contribution in [0.15, 0.2) is 12.7 Å². The minimum Gasteiger partial charge on any atom is -0.464 e. The van der Waals surface area contributed by atoms with Gasteiger partial charge in [0.05, 0.1) is 6.61 Å². The van der Waals surface area contributed by atoms with E-state index in [1.807, 2.05) is 6.92 Å². The van der Waals surface area contributed by atoms with E-state index in [9.17, 15) is 9.59 Å². The Morgan fingerprint density at radius 2 is 2.06 bits per heavy atom. The number of ether oxygens (including phenoxy) is 2. The van der Waals surface area contributed by atoms with Gasteiger partial charge in [0.25, 0.3) is 0 Å². The Morgan fingerprint density at radius 3 is 2.56 bits per heavy atom. The molecule has 1 atom stereocenters. The lowest BCUT2D eigenvalue weighted by Gasteiger charge is -2.15. The first-order valence-electron chi connectivity index (χ1n) is 5.36. The predicted octanol–water partition coefficient (Wildman–Crippen LogP) is 1.63. The van der Waals surface area contributed by atoms with Gasteiger partial charge in [-0.15, -0.1) is 0 Å². The number of carbonyl (C=O) groups excluding carboxylic acids is 2. The smallest absolute Gasteiger partial charge is 0.408 e. The summed E-state index contributed by atoms with van der Waals surface area (Å²) in [5, 5.41) is 2.45. The quantitative estimate of drug-likeness (QED) is 0.532. The summed E-state index contributed by atoms with van der Waals surface area (Å²) in [6, 6.07) is -0.637. The highest BCUT2D eigenvalue weighted by Gasteiger charge is 2.21. The molecule has 0 radical (unpaired) electrons. The molecule has 0 saturated carbocycles. The predicted molar refractivity (Wildman–Crippen MR) is 60.0 cm³/mol. The number of alkyl carbamates (subject to hydrolysis) is 1. The summed E-state index contributed by atoms with van der Waals surface area (Å²) in [7, 11) is 0. The van der Waals surface area contributed by atoms with E-state index in [-0.39, 0.29) is 6.61 Å². The van der Waals surface area contributed by atoms with Gasteiger partial charge in [-0.1, -0.05) is 26.0 Å². The largest absolute Gasteiger partial charge is 0.464 e. The standard InChI is InChI=1S/C11H19NO4/c1-4-7-9(10(13)15-6-3)12-11(14)16-8-5-2/h5,9H,2,4,6-8H2,1,3H3,(H,12,14). The minimum atomic E-state index is -0.637. The molecule has 0 aromatic rings.